The number of halogens is 1. The van der Waals surface area contributed by atoms with Crippen molar-refractivity contribution in [3.8, 4) is 0 Å². The smallest absolute Gasteiger partial charge is 0.400 e. The predicted octanol–water partition coefficient (Wildman–Crippen LogP) is 5.04. The number of sulfonamides is 1. The lowest BCUT2D eigenvalue weighted by Gasteiger charge is -2.20. The molecule has 208 valence electrons. The Labute approximate surface area is 241 Å². The molecule has 4 aromatic rings. The van der Waals surface area contributed by atoms with Gasteiger partial charge in [-0.2, -0.15) is 14.4 Å². The molecule has 1 aliphatic rings. The summed E-state index contributed by atoms with van der Waals surface area (Å²) in [5.74, 6) is -0.999. The van der Waals surface area contributed by atoms with Crippen LogP contribution in [0.25, 0.3) is 10.2 Å². The number of likely N-dealkylation sites (N-methyl/N-ethyl adjacent to an activating group) is 1. The van der Waals surface area contributed by atoms with E-state index in [9.17, 15) is 23.3 Å². The molecule has 1 saturated heterocycles. The Morgan fingerprint density at radius 3 is 2.70 bits per heavy atom. The van der Waals surface area contributed by atoms with Crippen molar-refractivity contribution in [2.75, 3.05) is 25.2 Å². The van der Waals surface area contributed by atoms with E-state index in [4.69, 9.17) is 9.15 Å². The zero-order valence-corrected chi connectivity index (χ0v) is 24.2. The van der Waals surface area contributed by atoms with E-state index < -0.39 is 26.7 Å². The molecule has 15 heteroatoms. The quantitative estimate of drug-likeness (QED) is 0.139. The number of hydrazone groups is 1. The zero-order chi connectivity index (χ0) is 28.4. The van der Waals surface area contributed by atoms with Crippen molar-refractivity contribution in [2.45, 2.75) is 23.8 Å². The van der Waals surface area contributed by atoms with Gasteiger partial charge >= 0.3 is 5.88 Å². The van der Waals surface area contributed by atoms with Gasteiger partial charge in [0.1, 0.15) is 4.92 Å². The fraction of sp³-hybridized carbons (Fsp3) is 0.240. The van der Waals surface area contributed by atoms with Gasteiger partial charge in [0.25, 0.3) is 5.91 Å². The van der Waals surface area contributed by atoms with E-state index in [0.29, 0.717) is 12.1 Å². The molecule has 1 atom stereocenters. The maximum Gasteiger partial charge on any atom is 0.433 e. The first-order valence-corrected chi connectivity index (χ1v) is 15.0. The molecule has 1 aliphatic heterocycles. The van der Waals surface area contributed by atoms with Gasteiger partial charge < -0.3 is 9.15 Å². The summed E-state index contributed by atoms with van der Waals surface area (Å²) < 4.78 is 39.7. The normalized spacial score (nSPS) is 15.8. The van der Waals surface area contributed by atoms with Gasteiger partial charge in [0.05, 0.1) is 33.5 Å². The lowest BCUT2D eigenvalue weighted by atomic mass is 10.2. The summed E-state index contributed by atoms with van der Waals surface area (Å²) in [7, 11) is -2.30. The van der Waals surface area contributed by atoms with Crippen molar-refractivity contribution in [1.82, 2.24) is 9.29 Å². The first kappa shape index (κ1) is 28.0. The van der Waals surface area contributed by atoms with E-state index in [1.165, 1.54) is 65.3 Å². The van der Waals surface area contributed by atoms with Gasteiger partial charge in [-0.1, -0.05) is 27.3 Å². The molecule has 40 heavy (non-hydrogen) atoms. The van der Waals surface area contributed by atoms with Crippen LogP contribution in [-0.2, 0) is 14.8 Å². The van der Waals surface area contributed by atoms with Crippen LogP contribution in [0.1, 0.15) is 29.0 Å². The van der Waals surface area contributed by atoms with Gasteiger partial charge in [-0.3, -0.25) is 14.9 Å². The summed E-state index contributed by atoms with van der Waals surface area (Å²) in [4.78, 5) is 28.4. The SMILES string of the molecule is CN(CC1CCCO1)S(=O)(=O)c1ccc(C(=O)N(/N=C/c2ccc([N+](=O)[O-])o2)c2nc3ccc(Br)cc3s2)cc1. The molecule has 0 aliphatic carbocycles. The van der Waals surface area contributed by atoms with Crippen LogP contribution >= 0.6 is 27.3 Å². The molecule has 1 amide bonds. The van der Waals surface area contributed by atoms with E-state index >= 15 is 0 Å². The van der Waals surface area contributed by atoms with Crippen LogP contribution in [0.2, 0.25) is 0 Å². The number of carbonyl (C=O) groups is 1. The lowest BCUT2D eigenvalue weighted by Crippen LogP contribution is -2.34. The average Bonchev–Trinajstić information content (AvgIpc) is 3.70. The number of fused-ring (bicyclic) bond motifs is 1. The molecule has 2 aromatic heterocycles. The second-order valence-corrected chi connectivity index (χ2v) is 12.8. The Morgan fingerprint density at radius 1 is 1.25 bits per heavy atom. The Morgan fingerprint density at radius 2 is 2.02 bits per heavy atom. The fourth-order valence-corrected chi connectivity index (χ4v) is 6.71. The number of rotatable bonds is 9. The molecule has 1 unspecified atom stereocenters. The number of hydrogen-bond acceptors (Lipinski definition) is 10. The first-order valence-electron chi connectivity index (χ1n) is 12.0. The molecule has 12 nitrogen and oxygen atoms in total. The number of nitro groups is 1. The van der Waals surface area contributed by atoms with Crippen LogP contribution in [0.4, 0.5) is 11.0 Å². The average molecular weight is 649 g/mol. The minimum Gasteiger partial charge on any atom is -0.400 e. The second-order valence-electron chi connectivity index (χ2n) is 8.85. The number of nitrogens with zero attached hydrogens (tertiary/aromatic N) is 5. The monoisotopic (exact) mass is 647 g/mol. The van der Waals surface area contributed by atoms with Gasteiger partial charge in [-0.25, -0.2) is 13.4 Å². The third-order valence-corrected chi connectivity index (χ3v) is 9.42. The van der Waals surface area contributed by atoms with Gasteiger partial charge in [0.15, 0.2) is 5.76 Å². The number of amides is 1. The number of aromatic nitrogens is 1. The molecule has 1 fully saturated rings. The number of thiazole rings is 1. The summed E-state index contributed by atoms with van der Waals surface area (Å²) in [5, 5.41) is 16.5. The Kier molecular flexibility index (Phi) is 8.09. The van der Waals surface area contributed by atoms with Crippen molar-refractivity contribution in [1.29, 1.82) is 0 Å². The highest BCUT2D eigenvalue weighted by molar-refractivity contribution is 9.10. The molecule has 2 aromatic carbocycles. The van der Waals surface area contributed by atoms with Gasteiger partial charge in [0, 0.05) is 30.2 Å². The third kappa shape index (κ3) is 5.97. The van der Waals surface area contributed by atoms with E-state index in [0.717, 1.165) is 27.0 Å². The van der Waals surface area contributed by atoms with Crippen molar-refractivity contribution >= 4 is 70.6 Å². The van der Waals surface area contributed by atoms with Crippen LogP contribution in [0.3, 0.4) is 0 Å². The molecular formula is C25H22BrN5O7S2. The van der Waals surface area contributed by atoms with Crippen molar-refractivity contribution in [3.63, 3.8) is 0 Å². The standard InChI is InChI=1S/C25H22BrN5O7S2/c1-29(15-19-3-2-12-37-19)40(35,36)20-8-4-16(5-9-20)24(32)30(27-14-18-7-11-23(38-18)31(33)34)25-28-21-10-6-17(26)13-22(21)39-25/h4-11,13-14,19H,2-3,12,15H2,1H3/b27-14+. The van der Waals surface area contributed by atoms with Crippen LogP contribution in [0.15, 0.2) is 73.5 Å². The highest BCUT2D eigenvalue weighted by atomic mass is 79.9. The molecule has 0 radical (unpaired) electrons. The van der Waals surface area contributed by atoms with Crippen LogP contribution in [0, 0.1) is 10.1 Å². The number of carbonyl (C=O) groups excluding carboxylic acids is 1. The van der Waals surface area contributed by atoms with Gasteiger partial charge in [0.2, 0.25) is 15.2 Å². The Hall–Kier alpha value is -3.50. The molecule has 3 heterocycles. The molecule has 5 rings (SSSR count). The molecule has 0 N–H and O–H groups in total. The van der Waals surface area contributed by atoms with E-state index in [2.05, 4.69) is 26.0 Å². The van der Waals surface area contributed by atoms with E-state index in [1.54, 1.807) is 6.07 Å². The van der Waals surface area contributed by atoms with Crippen LogP contribution < -0.4 is 5.01 Å². The van der Waals surface area contributed by atoms with Crippen molar-refractivity contribution < 1.29 is 27.3 Å². The number of benzene rings is 2. The minimum atomic E-state index is -3.80. The van der Waals surface area contributed by atoms with Crippen molar-refractivity contribution in [3.05, 3.63) is 80.5 Å². The molecule has 0 saturated carbocycles. The fourth-order valence-electron chi connectivity index (χ4n) is 4.03. The summed E-state index contributed by atoms with van der Waals surface area (Å²) in [6, 6.07) is 13.5. The summed E-state index contributed by atoms with van der Waals surface area (Å²) in [5.41, 5.74) is 0.796. The highest BCUT2D eigenvalue weighted by Crippen LogP contribution is 2.32. The minimum absolute atomic E-state index is 0.0346. The van der Waals surface area contributed by atoms with Crippen molar-refractivity contribution in [2.24, 2.45) is 5.10 Å². The topological polar surface area (TPSA) is 148 Å². The predicted molar refractivity (Wildman–Crippen MR) is 152 cm³/mol. The van der Waals surface area contributed by atoms with E-state index in [1.807, 2.05) is 12.1 Å². The number of ether oxygens (including phenoxy) is 1. The maximum absolute atomic E-state index is 13.6. The summed E-state index contributed by atoms with van der Waals surface area (Å²) in [6.45, 7) is 0.862. The number of hydrogen-bond donors (Lipinski definition) is 0. The molecule has 0 bridgehead atoms. The largest absolute Gasteiger partial charge is 0.433 e. The summed E-state index contributed by atoms with van der Waals surface area (Å²) in [6.07, 6.45) is 2.73. The maximum atomic E-state index is 13.6. The molecule has 0 spiro atoms. The Balaban J connectivity index is 1.43. The Bertz CT molecular complexity index is 1700. The van der Waals surface area contributed by atoms with Crippen LogP contribution in [0.5, 0.6) is 0 Å². The number of anilines is 1. The lowest BCUT2D eigenvalue weighted by molar-refractivity contribution is -0.402. The second kappa shape index (κ2) is 11.5. The van der Waals surface area contributed by atoms with Gasteiger partial charge in [-0.15, -0.1) is 0 Å². The third-order valence-electron chi connectivity index (χ3n) is 6.10. The summed E-state index contributed by atoms with van der Waals surface area (Å²) >= 11 is 4.63. The van der Waals surface area contributed by atoms with Gasteiger partial charge in [-0.05, 0) is 61.4 Å². The number of furan rings is 1. The molecular weight excluding hydrogens is 626 g/mol. The van der Waals surface area contributed by atoms with Crippen LogP contribution in [-0.4, -0.2) is 61.1 Å². The van der Waals surface area contributed by atoms with E-state index in [-0.39, 0.29) is 34.0 Å². The highest BCUT2D eigenvalue weighted by Gasteiger charge is 2.27. The first-order chi connectivity index (χ1) is 19.1. The zero-order valence-electron chi connectivity index (χ0n) is 21.0.